The summed E-state index contributed by atoms with van der Waals surface area (Å²) >= 11 is 0. The standard InChI is InChI=1S/C33H35N11O4/c1-4-25-30-22(15-36-44(30)20-16-43(17-20)33(47,48)26-10-5-7-19(14-34)37-26)21-8-6-9-23(29(21)42(25)3)38-24-13-27(39-31(45)18-11-12-18)40-41-28(24)32(46)35-2/h5-10,13,15,18,20,25,47-48H,4,11-12,16-17H2,1-3H3,(H,35,46)(H2,38,39,40,45). The largest absolute Gasteiger partial charge is 0.364 e. The van der Waals surface area contributed by atoms with Gasteiger partial charge in [-0.2, -0.15) is 10.4 Å². The molecule has 48 heavy (non-hydrogen) atoms. The summed E-state index contributed by atoms with van der Waals surface area (Å²) in [6.07, 6.45) is 4.29. The fourth-order valence-corrected chi connectivity index (χ4v) is 6.51. The number of hydrogen-bond acceptors (Lipinski definition) is 12. The quantitative estimate of drug-likeness (QED) is 0.166. The van der Waals surface area contributed by atoms with Crippen LogP contribution in [0.5, 0.6) is 0 Å². The van der Waals surface area contributed by atoms with Crippen LogP contribution in [0.3, 0.4) is 0 Å². The van der Waals surface area contributed by atoms with Crippen LogP contribution in [0.1, 0.15) is 65.8 Å². The van der Waals surface area contributed by atoms with Gasteiger partial charge in [0.05, 0.1) is 41.0 Å². The molecule has 1 unspecified atom stereocenters. The summed E-state index contributed by atoms with van der Waals surface area (Å²) in [6.45, 7) is 2.72. The van der Waals surface area contributed by atoms with Gasteiger partial charge >= 0.3 is 0 Å². The van der Waals surface area contributed by atoms with Crippen LogP contribution in [-0.2, 0) is 10.7 Å². The minimum Gasteiger partial charge on any atom is -0.364 e. The number of fused-ring (bicyclic) bond motifs is 3. The van der Waals surface area contributed by atoms with Gasteiger partial charge in [0, 0.05) is 50.3 Å². The Bertz CT molecular complexity index is 1960. The van der Waals surface area contributed by atoms with Crippen molar-refractivity contribution in [2.75, 3.05) is 42.7 Å². The van der Waals surface area contributed by atoms with E-state index in [9.17, 15) is 25.1 Å². The highest BCUT2D eigenvalue weighted by molar-refractivity contribution is 6.01. The molecule has 4 aromatic rings. The lowest BCUT2D eigenvalue weighted by Gasteiger charge is -2.47. The molecule has 0 bridgehead atoms. The Hall–Kier alpha value is -5.43. The molecule has 1 aliphatic carbocycles. The highest BCUT2D eigenvalue weighted by Gasteiger charge is 2.46. The van der Waals surface area contributed by atoms with Gasteiger partial charge in [-0.25, -0.2) is 9.88 Å². The summed E-state index contributed by atoms with van der Waals surface area (Å²) in [5.74, 6) is -2.63. The van der Waals surface area contributed by atoms with Crippen molar-refractivity contribution in [1.29, 1.82) is 5.26 Å². The Morgan fingerprint density at radius 3 is 2.56 bits per heavy atom. The molecule has 1 aromatic carbocycles. The number of anilines is 4. The molecular formula is C33H35N11O4. The average Bonchev–Trinajstić information content (AvgIpc) is 3.84. The van der Waals surface area contributed by atoms with Gasteiger partial charge in [0.1, 0.15) is 17.5 Å². The van der Waals surface area contributed by atoms with E-state index >= 15 is 0 Å². The highest BCUT2D eigenvalue weighted by atomic mass is 16.5. The van der Waals surface area contributed by atoms with Gasteiger partial charge in [-0.3, -0.25) is 14.3 Å². The van der Waals surface area contributed by atoms with Crippen LogP contribution in [-0.4, -0.2) is 79.1 Å². The molecule has 246 valence electrons. The number of nitrogens with one attached hydrogen (secondary N) is 3. The zero-order valence-corrected chi connectivity index (χ0v) is 26.7. The third-order valence-electron chi connectivity index (χ3n) is 9.24. The van der Waals surface area contributed by atoms with E-state index in [0.29, 0.717) is 18.8 Å². The topological polar surface area (TPSA) is 197 Å². The van der Waals surface area contributed by atoms with E-state index in [4.69, 9.17) is 5.10 Å². The molecule has 3 aliphatic rings. The van der Waals surface area contributed by atoms with Crippen LogP contribution in [0.2, 0.25) is 0 Å². The summed E-state index contributed by atoms with van der Waals surface area (Å²) in [5.41, 5.74) is 5.12. The molecule has 2 amide bonds. The number of hydrogen-bond donors (Lipinski definition) is 5. The normalized spacial score (nSPS) is 17.5. The number of aromatic nitrogens is 5. The van der Waals surface area contributed by atoms with Gasteiger partial charge in [0.2, 0.25) is 5.91 Å². The van der Waals surface area contributed by atoms with E-state index in [1.807, 2.05) is 42.2 Å². The number of benzene rings is 1. The third-order valence-corrected chi connectivity index (χ3v) is 9.24. The smallest absolute Gasteiger partial charge is 0.273 e. The number of amides is 2. The van der Waals surface area contributed by atoms with Crippen LogP contribution in [0.25, 0.3) is 11.1 Å². The van der Waals surface area contributed by atoms with Crippen LogP contribution < -0.4 is 20.9 Å². The summed E-state index contributed by atoms with van der Waals surface area (Å²) in [6, 6.07) is 13.8. The lowest BCUT2D eigenvalue weighted by Crippen LogP contribution is -2.59. The Labute approximate surface area is 276 Å². The number of nitrogens with zero attached hydrogens (tertiary/aromatic N) is 8. The molecule has 15 heteroatoms. The van der Waals surface area contributed by atoms with Crippen molar-refractivity contribution in [3.05, 3.63) is 71.4 Å². The van der Waals surface area contributed by atoms with Crippen molar-refractivity contribution >= 4 is 34.7 Å². The molecule has 1 atom stereocenters. The minimum absolute atomic E-state index is 0.0102. The van der Waals surface area contributed by atoms with Crippen molar-refractivity contribution in [3.63, 3.8) is 0 Å². The first-order chi connectivity index (χ1) is 23.1. The molecule has 15 nitrogen and oxygen atoms in total. The van der Waals surface area contributed by atoms with Gasteiger partial charge < -0.3 is 31.1 Å². The van der Waals surface area contributed by atoms with Crippen LogP contribution >= 0.6 is 0 Å². The van der Waals surface area contributed by atoms with Crippen LogP contribution in [0.4, 0.5) is 22.9 Å². The number of likely N-dealkylation sites (tertiary alicyclic amines) is 1. The fourth-order valence-electron chi connectivity index (χ4n) is 6.51. The molecule has 2 aliphatic heterocycles. The van der Waals surface area contributed by atoms with E-state index in [-0.39, 0.29) is 46.8 Å². The van der Waals surface area contributed by atoms with Gasteiger partial charge in [0.15, 0.2) is 11.5 Å². The fraction of sp³-hybridized carbons (Fsp3) is 0.364. The van der Waals surface area contributed by atoms with Crippen LogP contribution in [0.15, 0.2) is 48.7 Å². The van der Waals surface area contributed by atoms with Crippen LogP contribution in [0, 0.1) is 17.2 Å². The second kappa shape index (κ2) is 12.0. The summed E-state index contributed by atoms with van der Waals surface area (Å²) in [4.78, 5) is 33.0. The Balaban J connectivity index is 1.19. The predicted molar refractivity (Wildman–Crippen MR) is 175 cm³/mol. The Morgan fingerprint density at radius 2 is 1.85 bits per heavy atom. The van der Waals surface area contributed by atoms with E-state index in [1.165, 1.54) is 24.1 Å². The van der Waals surface area contributed by atoms with Crippen molar-refractivity contribution in [3.8, 4) is 17.2 Å². The zero-order valence-electron chi connectivity index (χ0n) is 26.7. The van der Waals surface area contributed by atoms with Crippen molar-refractivity contribution in [2.45, 2.75) is 44.2 Å². The molecule has 0 spiro atoms. The van der Waals surface area contributed by atoms with Gasteiger partial charge in [-0.1, -0.05) is 25.1 Å². The Morgan fingerprint density at radius 1 is 1.08 bits per heavy atom. The summed E-state index contributed by atoms with van der Waals surface area (Å²) in [5, 5.41) is 53.0. The minimum atomic E-state index is -2.33. The van der Waals surface area contributed by atoms with Crippen molar-refractivity contribution in [1.82, 2.24) is 35.2 Å². The molecule has 0 radical (unpaired) electrons. The van der Waals surface area contributed by atoms with Gasteiger partial charge in [-0.15, -0.1) is 10.2 Å². The van der Waals surface area contributed by atoms with E-state index in [1.54, 1.807) is 12.1 Å². The number of carbonyl (C=O) groups excluding carboxylic acids is 2. The number of para-hydroxylation sites is 1. The highest BCUT2D eigenvalue weighted by Crippen LogP contribution is 2.50. The van der Waals surface area contributed by atoms with E-state index in [2.05, 4.69) is 43.0 Å². The average molecular weight is 650 g/mol. The molecular weight excluding hydrogens is 614 g/mol. The maximum Gasteiger partial charge on any atom is 0.273 e. The predicted octanol–water partition coefficient (Wildman–Crippen LogP) is 2.61. The molecule has 3 aromatic heterocycles. The summed E-state index contributed by atoms with van der Waals surface area (Å²) in [7, 11) is 3.53. The number of aliphatic hydroxyl groups is 2. The van der Waals surface area contributed by atoms with E-state index in [0.717, 1.165) is 47.5 Å². The lowest BCUT2D eigenvalue weighted by atomic mass is 9.91. The summed E-state index contributed by atoms with van der Waals surface area (Å²) < 4.78 is 1.97. The molecule has 1 saturated carbocycles. The van der Waals surface area contributed by atoms with Gasteiger partial charge in [-0.05, 0) is 37.5 Å². The maximum atomic E-state index is 12.8. The monoisotopic (exact) mass is 649 g/mol. The van der Waals surface area contributed by atoms with Gasteiger partial charge in [0.25, 0.3) is 11.8 Å². The number of nitriles is 1. The third kappa shape index (κ3) is 5.29. The van der Waals surface area contributed by atoms with E-state index < -0.39 is 11.8 Å². The first-order valence-electron chi connectivity index (χ1n) is 15.8. The molecule has 5 heterocycles. The van der Waals surface area contributed by atoms with Crippen molar-refractivity contribution < 1.29 is 19.8 Å². The first-order valence-corrected chi connectivity index (χ1v) is 15.8. The molecule has 2 fully saturated rings. The second-order valence-electron chi connectivity index (χ2n) is 12.3. The second-order valence-corrected chi connectivity index (χ2v) is 12.3. The zero-order chi connectivity index (χ0) is 33.7. The number of carbonyl (C=O) groups is 2. The molecule has 1 saturated heterocycles. The maximum absolute atomic E-state index is 12.8. The SMILES string of the molecule is CCC1c2c(cnn2C2CN(C(O)(O)c3cccc(C#N)n3)C2)-c2cccc(Nc3cc(NC(=O)C4CC4)nnc3C(=O)NC)c2N1C. The van der Waals surface area contributed by atoms with Crippen molar-refractivity contribution in [2.24, 2.45) is 5.92 Å². The first kappa shape index (κ1) is 31.2. The lowest BCUT2D eigenvalue weighted by molar-refractivity contribution is -0.302. The number of pyridine rings is 1. The Kier molecular flexibility index (Phi) is 7.78. The number of rotatable bonds is 9. The molecule has 5 N–H and O–H groups in total. The molecule has 7 rings (SSSR count).